The summed E-state index contributed by atoms with van der Waals surface area (Å²) in [6.07, 6.45) is 0. The molecule has 0 aliphatic rings. The standard InChI is InChI=1S/C48H44N2/c1-34-6-16-39(17-7-34)48(40-18-30-46(31-19-40)49(42-22-8-35(2)9-23-42)43-24-10-36(3)11-25-43)41-20-32-47(33-21-41)50(44-26-12-37(4)13-27-44)45-28-14-38(5)15-29-45/h6-33,48H,1-5H3. The maximum Gasteiger partial charge on any atom is 0.0461 e. The predicted molar refractivity (Wildman–Crippen MR) is 213 cm³/mol. The Morgan fingerprint density at radius 1 is 0.240 bits per heavy atom. The predicted octanol–water partition coefficient (Wildman–Crippen LogP) is 13.3. The van der Waals surface area contributed by atoms with Gasteiger partial charge in [0.15, 0.2) is 0 Å². The summed E-state index contributed by atoms with van der Waals surface area (Å²) in [4.78, 5) is 4.67. The van der Waals surface area contributed by atoms with Crippen molar-refractivity contribution in [1.82, 2.24) is 0 Å². The second-order valence-corrected chi connectivity index (χ2v) is 13.5. The molecule has 7 aromatic rings. The van der Waals surface area contributed by atoms with Crippen LogP contribution in [0.3, 0.4) is 0 Å². The monoisotopic (exact) mass is 648 g/mol. The number of anilines is 6. The second-order valence-electron chi connectivity index (χ2n) is 13.5. The van der Waals surface area contributed by atoms with E-state index in [9.17, 15) is 0 Å². The first kappa shape index (κ1) is 32.7. The van der Waals surface area contributed by atoms with E-state index in [-0.39, 0.29) is 5.92 Å². The zero-order chi connectivity index (χ0) is 34.6. The summed E-state index contributed by atoms with van der Waals surface area (Å²) in [6, 6.07) is 62.3. The van der Waals surface area contributed by atoms with Crippen LogP contribution in [0, 0.1) is 34.6 Å². The van der Waals surface area contributed by atoms with Gasteiger partial charge >= 0.3 is 0 Å². The summed E-state index contributed by atoms with van der Waals surface area (Å²) in [5, 5.41) is 0. The van der Waals surface area contributed by atoms with E-state index >= 15 is 0 Å². The van der Waals surface area contributed by atoms with E-state index in [0.717, 1.165) is 34.1 Å². The molecule has 0 saturated carbocycles. The van der Waals surface area contributed by atoms with Gasteiger partial charge in [0.1, 0.15) is 0 Å². The molecule has 0 aromatic heterocycles. The van der Waals surface area contributed by atoms with Gasteiger partial charge in [0.05, 0.1) is 0 Å². The highest BCUT2D eigenvalue weighted by molar-refractivity contribution is 5.78. The highest BCUT2D eigenvalue weighted by atomic mass is 15.1. The smallest absolute Gasteiger partial charge is 0.0461 e. The third-order valence-corrected chi connectivity index (χ3v) is 9.55. The molecule has 0 radical (unpaired) electrons. The van der Waals surface area contributed by atoms with Crippen LogP contribution in [0.4, 0.5) is 34.1 Å². The van der Waals surface area contributed by atoms with Gasteiger partial charge in [0.2, 0.25) is 0 Å². The fourth-order valence-corrected chi connectivity index (χ4v) is 6.64. The highest BCUT2D eigenvalue weighted by Crippen LogP contribution is 2.40. The van der Waals surface area contributed by atoms with E-state index < -0.39 is 0 Å². The first-order valence-corrected chi connectivity index (χ1v) is 17.5. The Balaban J connectivity index is 1.28. The fourth-order valence-electron chi connectivity index (χ4n) is 6.64. The van der Waals surface area contributed by atoms with Crippen molar-refractivity contribution in [3.05, 3.63) is 214 Å². The molecule has 50 heavy (non-hydrogen) atoms. The lowest BCUT2D eigenvalue weighted by atomic mass is 9.84. The van der Waals surface area contributed by atoms with Gasteiger partial charge in [0.25, 0.3) is 0 Å². The summed E-state index contributed by atoms with van der Waals surface area (Å²) >= 11 is 0. The molecule has 0 bridgehead atoms. The van der Waals surface area contributed by atoms with Crippen molar-refractivity contribution in [2.24, 2.45) is 0 Å². The molecule has 0 aliphatic heterocycles. The van der Waals surface area contributed by atoms with Crippen LogP contribution in [0.1, 0.15) is 50.4 Å². The molecule has 0 amide bonds. The fraction of sp³-hybridized carbons (Fsp3) is 0.125. The Labute approximate surface area is 297 Å². The molecule has 0 N–H and O–H groups in total. The van der Waals surface area contributed by atoms with Crippen molar-refractivity contribution < 1.29 is 0 Å². The van der Waals surface area contributed by atoms with Gasteiger partial charge in [-0.15, -0.1) is 0 Å². The maximum atomic E-state index is 2.34. The topological polar surface area (TPSA) is 6.48 Å². The Kier molecular flexibility index (Phi) is 9.36. The van der Waals surface area contributed by atoms with Gasteiger partial charge in [-0.25, -0.2) is 0 Å². The number of hydrogen-bond donors (Lipinski definition) is 0. The summed E-state index contributed by atoms with van der Waals surface area (Å²) < 4.78 is 0. The van der Waals surface area contributed by atoms with Gasteiger partial charge in [-0.05, 0) is 124 Å². The first-order valence-electron chi connectivity index (χ1n) is 17.5. The number of aryl methyl sites for hydroxylation is 5. The average molecular weight is 649 g/mol. The molecule has 246 valence electrons. The number of nitrogens with zero attached hydrogens (tertiary/aromatic N) is 2. The van der Waals surface area contributed by atoms with Crippen LogP contribution >= 0.6 is 0 Å². The minimum absolute atomic E-state index is 0.0816. The summed E-state index contributed by atoms with van der Waals surface area (Å²) in [5.74, 6) is 0.0816. The molecule has 0 aliphatic carbocycles. The first-order chi connectivity index (χ1) is 24.3. The lowest BCUT2D eigenvalue weighted by Crippen LogP contribution is -2.11. The van der Waals surface area contributed by atoms with Crippen molar-refractivity contribution in [2.45, 2.75) is 40.5 Å². The van der Waals surface area contributed by atoms with Gasteiger partial charge < -0.3 is 9.80 Å². The second kappa shape index (κ2) is 14.3. The summed E-state index contributed by atoms with van der Waals surface area (Å²) in [7, 11) is 0. The third kappa shape index (κ3) is 7.11. The lowest BCUT2D eigenvalue weighted by molar-refractivity contribution is 0.975. The van der Waals surface area contributed by atoms with Crippen LogP contribution in [0.25, 0.3) is 0 Å². The number of benzene rings is 7. The molecule has 0 saturated heterocycles. The number of hydrogen-bond acceptors (Lipinski definition) is 2. The van der Waals surface area contributed by atoms with Crippen LogP contribution in [0.15, 0.2) is 170 Å². The van der Waals surface area contributed by atoms with Crippen molar-refractivity contribution in [3.63, 3.8) is 0 Å². The molecule has 0 heterocycles. The normalized spacial score (nSPS) is 11.1. The van der Waals surface area contributed by atoms with E-state index in [1.54, 1.807) is 0 Å². The summed E-state index contributed by atoms with van der Waals surface area (Å²) in [5.41, 5.74) is 16.9. The zero-order valence-electron chi connectivity index (χ0n) is 29.6. The van der Waals surface area contributed by atoms with Crippen LogP contribution in [-0.4, -0.2) is 0 Å². The van der Waals surface area contributed by atoms with Crippen LogP contribution in [0.2, 0.25) is 0 Å². The Hall–Kier alpha value is -5.86. The molecule has 0 fully saturated rings. The minimum atomic E-state index is 0.0816. The quantitative estimate of drug-likeness (QED) is 0.144. The Bertz CT molecular complexity index is 1910. The van der Waals surface area contributed by atoms with Crippen molar-refractivity contribution in [3.8, 4) is 0 Å². The molecule has 7 rings (SSSR count). The van der Waals surface area contributed by atoms with Gasteiger partial charge in [-0.1, -0.05) is 125 Å². The van der Waals surface area contributed by atoms with Gasteiger partial charge in [-0.3, -0.25) is 0 Å². The van der Waals surface area contributed by atoms with Crippen molar-refractivity contribution in [2.75, 3.05) is 9.80 Å². The van der Waals surface area contributed by atoms with E-state index in [4.69, 9.17) is 0 Å². The van der Waals surface area contributed by atoms with Crippen molar-refractivity contribution >= 4 is 34.1 Å². The average Bonchev–Trinajstić information content (AvgIpc) is 3.14. The zero-order valence-corrected chi connectivity index (χ0v) is 29.6. The van der Waals surface area contributed by atoms with Gasteiger partial charge in [-0.2, -0.15) is 0 Å². The van der Waals surface area contributed by atoms with Crippen LogP contribution in [-0.2, 0) is 0 Å². The van der Waals surface area contributed by atoms with E-state index in [1.165, 1.54) is 44.5 Å². The van der Waals surface area contributed by atoms with E-state index in [2.05, 4.69) is 214 Å². The highest BCUT2D eigenvalue weighted by Gasteiger charge is 2.20. The molecule has 0 unspecified atom stereocenters. The minimum Gasteiger partial charge on any atom is -0.311 e. The molecule has 2 heteroatoms. The van der Waals surface area contributed by atoms with Gasteiger partial charge in [0, 0.05) is 40.0 Å². The Morgan fingerprint density at radius 3 is 0.620 bits per heavy atom. The molecule has 7 aromatic carbocycles. The molecule has 0 atom stereocenters. The largest absolute Gasteiger partial charge is 0.311 e. The maximum absolute atomic E-state index is 2.34. The Morgan fingerprint density at radius 2 is 0.400 bits per heavy atom. The van der Waals surface area contributed by atoms with Crippen molar-refractivity contribution in [1.29, 1.82) is 0 Å². The molecular formula is C48H44N2. The van der Waals surface area contributed by atoms with E-state index in [0.29, 0.717) is 0 Å². The molecule has 0 spiro atoms. The molecular weight excluding hydrogens is 605 g/mol. The van der Waals surface area contributed by atoms with Crippen LogP contribution < -0.4 is 9.80 Å². The molecule has 2 nitrogen and oxygen atoms in total. The van der Waals surface area contributed by atoms with Crippen LogP contribution in [0.5, 0.6) is 0 Å². The number of rotatable bonds is 9. The van der Waals surface area contributed by atoms with E-state index in [1.807, 2.05) is 0 Å². The third-order valence-electron chi connectivity index (χ3n) is 9.55. The SMILES string of the molecule is Cc1ccc(C(c2ccc(N(c3ccc(C)cc3)c3ccc(C)cc3)cc2)c2ccc(N(c3ccc(C)cc3)c3ccc(C)cc3)cc2)cc1. The summed E-state index contributed by atoms with van der Waals surface area (Å²) in [6.45, 7) is 10.7. The lowest BCUT2D eigenvalue weighted by Gasteiger charge is -2.27.